The molecule has 1 aromatic heterocycles. The number of nitro groups is 1. The first-order chi connectivity index (χ1) is 16.4. The zero-order chi connectivity index (χ0) is 24.1. The van der Waals surface area contributed by atoms with Crippen LogP contribution in [0.15, 0.2) is 66.7 Å². The number of aromatic nitrogens is 1. The predicted molar refractivity (Wildman–Crippen MR) is 158 cm³/mol. The van der Waals surface area contributed by atoms with Crippen LogP contribution in [0.4, 0.5) is 11.5 Å². The normalized spacial score (nSPS) is 13.7. The molecule has 2 heterocycles. The van der Waals surface area contributed by atoms with Gasteiger partial charge in [0.15, 0.2) is 0 Å². The lowest BCUT2D eigenvalue weighted by molar-refractivity contribution is -0.386. The average Bonchev–Trinajstić information content (AvgIpc) is 2.84. The zero-order valence-electron chi connectivity index (χ0n) is 21.4. The van der Waals surface area contributed by atoms with E-state index < -0.39 is 0 Å². The minimum Gasteiger partial charge on any atom is -0.358 e. The number of aryl methyl sites for hydroxylation is 2. The van der Waals surface area contributed by atoms with Crippen molar-refractivity contribution < 1.29 is 4.92 Å². The van der Waals surface area contributed by atoms with E-state index in [0.717, 1.165) is 45.1 Å². The molecule has 0 N–H and O–H groups in total. The standard InChI is InChI=1S/C27H33N5O2.3ClH/c1-21-20-25(28-22(2)26(21)32(33)34)29(3)14-15-30-16-18-31(19-17-30)27(23-10-6-4-7-11-23)24-12-8-5-9-13-24;;;/h4-13,20,27H,14-19H2,1-3H3;3*1H. The maximum absolute atomic E-state index is 11.3. The number of halogens is 3. The van der Waals surface area contributed by atoms with Gasteiger partial charge in [0.25, 0.3) is 5.69 Å². The molecule has 7 nitrogen and oxygen atoms in total. The number of benzene rings is 2. The number of piperazine rings is 1. The maximum atomic E-state index is 11.3. The molecule has 0 bridgehead atoms. The van der Waals surface area contributed by atoms with Gasteiger partial charge in [-0.1, -0.05) is 60.7 Å². The summed E-state index contributed by atoms with van der Waals surface area (Å²) in [6.45, 7) is 9.27. The fourth-order valence-electron chi connectivity index (χ4n) is 4.81. The Balaban J connectivity index is 0.00000228. The minimum absolute atomic E-state index is 0. The fourth-order valence-corrected chi connectivity index (χ4v) is 4.81. The Hall–Kier alpha value is -2.42. The Morgan fingerprint density at radius 1 is 0.919 bits per heavy atom. The molecule has 0 amide bonds. The molecule has 0 saturated carbocycles. The summed E-state index contributed by atoms with van der Waals surface area (Å²) >= 11 is 0. The van der Waals surface area contributed by atoms with E-state index in [-0.39, 0.29) is 53.9 Å². The van der Waals surface area contributed by atoms with Crippen LogP contribution in [-0.4, -0.2) is 66.0 Å². The van der Waals surface area contributed by atoms with E-state index in [9.17, 15) is 10.1 Å². The molecule has 202 valence electrons. The molecule has 10 heteroatoms. The van der Waals surface area contributed by atoms with Gasteiger partial charge in [0.05, 0.1) is 11.0 Å². The summed E-state index contributed by atoms with van der Waals surface area (Å²) in [7, 11) is 2.00. The highest BCUT2D eigenvalue weighted by Gasteiger charge is 2.26. The quantitative estimate of drug-likeness (QED) is 0.256. The second-order valence-electron chi connectivity index (χ2n) is 9.01. The highest BCUT2D eigenvalue weighted by atomic mass is 35.5. The van der Waals surface area contributed by atoms with Gasteiger partial charge in [0, 0.05) is 51.9 Å². The molecular formula is C27H36Cl3N5O2. The average molecular weight is 569 g/mol. The van der Waals surface area contributed by atoms with Gasteiger partial charge < -0.3 is 4.90 Å². The first kappa shape index (κ1) is 32.6. The van der Waals surface area contributed by atoms with E-state index in [4.69, 9.17) is 0 Å². The molecule has 3 aromatic rings. The second kappa shape index (κ2) is 15.1. The molecule has 0 radical (unpaired) electrons. The van der Waals surface area contributed by atoms with Crippen LogP contribution in [0.25, 0.3) is 0 Å². The van der Waals surface area contributed by atoms with Crippen LogP contribution >= 0.6 is 37.2 Å². The van der Waals surface area contributed by atoms with Gasteiger partial charge in [-0.25, -0.2) is 4.98 Å². The van der Waals surface area contributed by atoms with Gasteiger partial charge in [-0.05, 0) is 31.0 Å². The summed E-state index contributed by atoms with van der Waals surface area (Å²) in [4.78, 5) is 22.5. The summed E-state index contributed by atoms with van der Waals surface area (Å²) < 4.78 is 0. The molecule has 0 aliphatic carbocycles. The number of nitrogens with zero attached hydrogens (tertiary/aromatic N) is 5. The van der Waals surface area contributed by atoms with Crippen LogP contribution in [0.5, 0.6) is 0 Å². The predicted octanol–water partition coefficient (Wildman–Crippen LogP) is 5.72. The van der Waals surface area contributed by atoms with Crippen LogP contribution in [-0.2, 0) is 0 Å². The van der Waals surface area contributed by atoms with E-state index in [1.807, 2.05) is 13.1 Å². The molecule has 1 aliphatic rings. The third kappa shape index (κ3) is 8.03. The molecule has 0 atom stereocenters. The summed E-state index contributed by atoms with van der Waals surface area (Å²) in [5.41, 5.74) is 3.89. The largest absolute Gasteiger partial charge is 0.358 e. The van der Waals surface area contributed by atoms with Crippen molar-refractivity contribution in [1.82, 2.24) is 14.8 Å². The van der Waals surface area contributed by atoms with Crippen LogP contribution in [0.3, 0.4) is 0 Å². The van der Waals surface area contributed by atoms with Crippen molar-refractivity contribution in [2.75, 3.05) is 51.2 Å². The first-order valence-electron chi connectivity index (χ1n) is 11.8. The molecule has 1 fully saturated rings. The zero-order valence-corrected chi connectivity index (χ0v) is 23.9. The number of anilines is 1. The molecule has 4 rings (SSSR count). The van der Waals surface area contributed by atoms with Crippen molar-refractivity contribution in [2.24, 2.45) is 0 Å². The van der Waals surface area contributed by atoms with E-state index in [1.54, 1.807) is 13.8 Å². The van der Waals surface area contributed by atoms with Crippen molar-refractivity contribution >= 4 is 48.7 Å². The van der Waals surface area contributed by atoms with E-state index in [1.165, 1.54) is 11.1 Å². The number of pyridine rings is 1. The Morgan fingerprint density at radius 3 is 1.89 bits per heavy atom. The highest BCUT2D eigenvalue weighted by Crippen LogP contribution is 2.29. The van der Waals surface area contributed by atoms with Gasteiger partial charge in [-0.2, -0.15) is 0 Å². The van der Waals surface area contributed by atoms with Crippen molar-refractivity contribution in [1.29, 1.82) is 0 Å². The lowest BCUT2D eigenvalue weighted by Gasteiger charge is -2.40. The topological polar surface area (TPSA) is 65.8 Å². The summed E-state index contributed by atoms with van der Waals surface area (Å²) in [6, 6.07) is 23.6. The monoisotopic (exact) mass is 567 g/mol. The first-order valence-corrected chi connectivity index (χ1v) is 11.8. The second-order valence-corrected chi connectivity index (χ2v) is 9.01. The maximum Gasteiger partial charge on any atom is 0.293 e. The van der Waals surface area contributed by atoms with Crippen LogP contribution in [0.1, 0.15) is 28.4 Å². The van der Waals surface area contributed by atoms with Crippen molar-refractivity contribution in [3.8, 4) is 0 Å². The third-order valence-corrected chi connectivity index (χ3v) is 6.67. The summed E-state index contributed by atoms with van der Waals surface area (Å²) in [5.74, 6) is 0.785. The van der Waals surface area contributed by atoms with Gasteiger partial charge in [0.1, 0.15) is 11.5 Å². The van der Waals surface area contributed by atoms with Crippen molar-refractivity contribution in [3.63, 3.8) is 0 Å². The third-order valence-electron chi connectivity index (χ3n) is 6.67. The summed E-state index contributed by atoms with van der Waals surface area (Å²) in [5, 5.41) is 11.3. The smallest absolute Gasteiger partial charge is 0.293 e. The number of hydrogen-bond donors (Lipinski definition) is 0. The van der Waals surface area contributed by atoms with E-state index in [2.05, 4.69) is 80.3 Å². The van der Waals surface area contributed by atoms with E-state index in [0.29, 0.717) is 11.3 Å². The number of likely N-dealkylation sites (N-methyl/N-ethyl adjacent to an activating group) is 1. The van der Waals surface area contributed by atoms with Crippen molar-refractivity contribution in [3.05, 3.63) is 99.2 Å². The summed E-state index contributed by atoms with van der Waals surface area (Å²) in [6.07, 6.45) is 0. The van der Waals surface area contributed by atoms with Crippen LogP contribution in [0.2, 0.25) is 0 Å². The van der Waals surface area contributed by atoms with Crippen LogP contribution in [0, 0.1) is 24.0 Å². The molecule has 37 heavy (non-hydrogen) atoms. The Kier molecular flexibility index (Phi) is 13.3. The minimum atomic E-state index is -0.348. The van der Waals surface area contributed by atoms with Crippen LogP contribution < -0.4 is 4.90 Å². The van der Waals surface area contributed by atoms with Gasteiger partial charge in [-0.15, -0.1) is 37.2 Å². The lowest BCUT2D eigenvalue weighted by atomic mass is 9.96. The number of rotatable bonds is 8. The van der Waals surface area contributed by atoms with E-state index >= 15 is 0 Å². The molecular weight excluding hydrogens is 533 g/mol. The van der Waals surface area contributed by atoms with Gasteiger partial charge in [-0.3, -0.25) is 19.9 Å². The number of hydrogen-bond acceptors (Lipinski definition) is 6. The van der Waals surface area contributed by atoms with Gasteiger partial charge in [0.2, 0.25) is 0 Å². The molecule has 2 aromatic carbocycles. The highest BCUT2D eigenvalue weighted by molar-refractivity contribution is 5.86. The Labute approximate surface area is 238 Å². The Morgan fingerprint density at radius 2 is 1.43 bits per heavy atom. The molecule has 1 saturated heterocycles. The Bertz CT molecular complexity index is 1050. The van der Waals surface area contributed by atoms with Gasteiger partial charge >= 0.3 is 0 Å². The molecule has 0 spiro atoms. The lowest BCUT2D eigenvalue weighted by Crippen LogP contribution is -2.49. The molecule has 0 unspecified atom stereocenters. The SMILES string of the molecule is Cc1cc(N(C)CCN2CCN(C(c3ccccc3)c3ccccc3)CC2)nc(C)c1[N+](=O)[O-].Cl.Cl.Cl. The fraction of sp³-hybridized carbons (Fsp3) is 0.370. The van der Waals surface area contributed by atoms with Crippen molar-refractivity contribution in [2.45, 2.75) is 19.9 Å². The molecule has 1 aliphatic heterocycles.